The van der Waals surface area contributed by atoms with Crippen LogP contribution in [0.15, 0.2) is 115 Å². The van der Waals surface area contributed by atoms with Crippen molar-refractivity contribution in [3.63, 3.8) is 0 Å². The number of hydrogen-bond donors (Lipinski definition) is 0. The van der Waals surface area contributed by atoms with E-state index in [9.17, 15) is 0 Å². The number of halogens is 1. The fourth-order valence-corrected chi connectivity index (χ4v) is 8.26. The summed E-state index contributed by atoms with van der Waals surface area (Å²) in [4.78, 5) is 0. The molecular weight excluding hydrogens is 426 g/mol. The van der Waals surface area contributed by atoms with E-state index in [1.54, 1.807) is 7.11 Å². The topological polar surface area (TPSA) is 9.23 Å². The van der Waals surface area contributed by atoms with E-state index in [-0.39, 0.29) is 22.3 Å². The van der Waals surface area contributed by atoms with E-state index in [1.807, 2.05) is 0 Å². The smallest absolute Gasteiger partial charge is 0.161 e. The van der Waals surface area contributed by atoms with E-state index >= 15 is 0 Å². The van der Waals surface area contributed by atoms with Crippen LogP contribution in [0.1, 0.15) is 5.56 Å². The van der Waals surface area contributed by atoms with Gasteiger partial charge in [0.05, 0.1) is 13.3 Å². The second-order valence-electron chi connectivity index (χ2n) is 6.80. The third kappa shape index (κ3) is 4.76. The Morgan fingerprint density at radius 1 is 0.600 bits per heavy atom. The van der Waals surface area contributed by atoms with Crippen LogP contribution in [-0.4, -0.2) is 7.11 Å². The number of rotatable bonds is 6. The van der Waals surface area contributed by atoms with Crippen molar-refractivity contribution in [3.8, 4) is 5.75 Å². The first-order chi connectivity index (χ1) is 13.8. The molecule has 0 radical (unpaired) electrons. The third-order valence-electron chi connectivity index (χ3n) is 5.15. The predicted molar refractivity (Wildman–Crippen MR) is 133 cm³/mol. The zero-order valence-corrected chi connectivity index (χ0v) is 20.2. The fourth-order valence-electron chi connectivity index (χ4n) is 3.86. The summed E-state index contributed by atoms with van der Waals surface area (Å²) in [5.41, 5.74) is 1.34. The van der Waals surface area contributed by atoms with Crippen molar-refractivity contribution in [2.45, 2.75) is 6.16 Å². The van der Waals surface area contributed by atoms with E-state index < -0.39 is 7.26 Å². The largest absolute Gasteiger partial charge is 1.00 e. The second-order valence-corrected chi connectivity index (χ2v) is 10.2. The number of para-hydroxylation sites is 1. The van der Waals surface area contributed by atoms with E-state index in [1.165, 1.54) is 21.5 Å². The van der Waals surface area contributed by atoms with Crippen LogP contribution in [0.4, 0.5) is 0 Å². The van der Waals surface area contributed by atoms with E-state index in [4.69, 9.17) is 4.74 Å². The SMILES string of the molecule is COc1ccccc1[P+](Cc1ccccc1)(c1ccccc1)c1ccccc1.P.[Cl-]. The Balaban J connectivity index is 0.00000160. The molecule has 0 aliphatic heterocycles. The molecule has 0 N–H and O–H groups in total. The van der Waals surface area contributed by atoms with Gasteiger partial charge in [0.25, 0.3) is 0 Å². The molecule has 4 rings (SSSR count). The van der Waals surface area contributed by atoms with Gasteiger partial charge in [-0.25, -0.2) is 0 Å². The molecule has 0 aliphatic carbocycles. The molecule has 30 heavy (non-hydrogen) atoms. The molecule has 0 aliphatic rings. The van der Waals surface area contributed by atoms with Gasteiger partial charge in [-0.3, -0.25) is 0 Å². The number of benzene rings is 4. The van der Waals surface area contributed by atoms with Gasteiger partial charge in [-0.1, -0.05) is 78.9 Å². The van der Waals surface area contributed by atoms with Gasteiger partial charge in [0.15, 0.2) is 5.75 Å². The van der Waals surface area contributed by atoms with Gasteiger partial charge in [0, 0.05) is 0 Å². The maximum absolute atomic E-state index is 5.86. The normalized spacial score (nSPS) is 10.4. The summed E-state index contributed by atoms with van der Waals surface area (Å²) in [6, 6.07) is 41.2. The quantitative estimate of drug-likeness (QED) is 0.408. The highest BCUT2D eigenvalue weighted by molar-refractivity contribution is 7.95. The molecule has 0 amide bonds. The average molecular weight is 453 g/mol. The van der Waals surface area contributed by atoms with E-state index in [0.717, 1.165) is 11.9 Å². The van der Waals surface area contributed by atoms with Gasteiger partial charge in [0.1, 0.15) is 23.2 Å². The molecule has 4 aromatic carbocycles. The minimum atomic E-state index is -1.95. The predicted octanol–water partition coefficient (Wildman–Crippen LogP) is 2.25. The monoisotopic (exact) mass is 452 g/mol. The Kier molecular flexibility index (Phi) is 9.07. The maximum Gasteiger partial charge on any atom is 0.161 e. The van der Waals surface area contributed by atoms with Gasteiger partial charge in [-0.2, -0.15) is 9.90 Å². The van der Waals surface area contributed by atoms with Crippen molar-refractivity contribution in [3.05, 3.63) is 121 Å². The maximum atomic E-state index is 5.86. The molecule has 1 atom stereocenters. The highest BCUT2D eigenvalue weighted by Gasteiger charge is 2.47. The lowest BCUT2D eigenvalue weighted by Gasteiger charge is -2.29. The molecule has 4 heteroatoms. The number of hydrogen-bond acceptors (Lipinski definition) is 1. The summed E-state index contributed by atoms with van der Waals surface area (Å²) < 4.78 is 5.86. The highest BCUT2D eigenvalue weighted by Crippen LogP contribution is 2.59. The molecule has 0 bridgehead atoms. The third-order valence-corrected chi connectivity index (χ3v) is 9.54. The molecule has 0 heterocycles. The van der Waals surface area contributed by atoms with Crippen LogP contribution in [0.3, 0.4) is 0 Å². The Morgan fingerprint density at radius 3 is 1.53 bits per heavy atom. The first kappa shape index (κ1) is 24.1. The number of methoxy groups -OCH3 is 1. The number of ether oxygens (including phenoxy) is 1. The van der Waals surface area contributed by atoms with Gasteiger partial charge >= 0.3 is 0 Å². The summed E-state index contributed by atoms with van der Waals surface area (Å²) in [6.45, 7) is 0. The van der Waals surface area contributed by atoms with Crippen LogP contribution < -0.4 is 33.1 Å². The van der Waals surface area contributed by atoms with Gasteiger partial charge in [-0.05, 0) is 42.0 Å². The summed E-state index contributed by atoms with van der Waals surface area (Å²) in [5.74, 6) is 0.958. The van der Waals surface area contributed by atoms with Crippen molar-refractivity contribution >= 4 is 33.1 Å². The van der Waals surface area contributed by atoms with Crippen LogP contribution in [0.2, 0.25) is 0 Å². The molecule has 0 aromatic heterocycles. The second kappa shape index (κ2) is 11.3. The summed E-state index contributed by atoms with van der Waals surface area (Å²) in [5, 5.41) is 4.03. The molecule has 154 valence electrons. The van der Waals surface area contributed by atoms with Crippen molar-refractivity contribution in [2.24, 2.45) is 0 Å². The van der Waals surface area contributed by atoms with Crippen molar-refractivity contribution < 1.29 is 17.1 Å². The standard InChI is InChI=1S/C26H24OP.ClH.H3P/c1-27-25-19-11-12-20-26(25)28(23-15-7-3-8-16-23,24-17-9-4-10-18-24)21-22-13-5-2-6-14-22;;/h2-20H,21H2,1H3;1H;1H3/q+1;;/p-1. The van der Waals surface area contributed by atoms with Crippen molar-refractivity contribution in [1.29, 1.82) is 0 Å². The molecular formula is C26H27ClOP2. The summed E-state index contributed by atoms with van der Waals surface area (Å²) in [7, 11) is -0.184. The lowest BCUT2D eigenvalue weighted by Crippen LogP contribution is -3.00. The lowest BCUT2D eigenvalue weighted by molar-refractivity contribution is -0.00000590. The Morgan fingerprint density at radius 2 is 1.03 bits per heavy atom. The highest BCUT2D eigenvalue weighted by atomic mass is 35.5. The molecule has 0 saturated carbocycles. The van der Waals surface area contributed by atoms with Gasteiger partial charge in [-0.15, -0.1) is 0 Å². The van der Waals surface area contributed by atoms with E-state index in [2.05, 4.69) is 115 Å². The zero-order chi connectivity index (χ0) is 19.2. The molecule has 0 fully saturated rings. The molecule has 1 unspecified atom stereocenters. The first-order valence-electron chi connectivity index (χ1n) is 9.51. The molecule has 0 spiro atoms. The molecule has 1 nitrogen and oxygen atoms in total. The van der Waals surface area contributed by atoms with Gasteiger partial charge in [0.2, 0.25) is 0 Å². The minimum absolute atomic E-state index is 0. The Hall–Kier alpha value is -2.17. The van der Waals surface area contributed by atoms with Crippen LogP contribution in [-0.2, 0) is 6.16 Å². The average Bonchev–Trinajstić information content (AvgIpc) is 2.79. The lowest BCUT2D eigenvalue weighted by atomic mass is 10.2. The van der Waals surface area contributed by atoms with Crippen LogP contribution in [0.5, 0.6) is 5.75 Å². The Bertz CT molecular complexity index is 985. The zero-order valence-electron chi connectivity index (χ0n) is 17.1. The fraction of sp³-hybridized carbons (Fsp3) is 0.0769. The van der Waals surface area contributed by atoms with E-state index in [0.29, 0.717) is 0 Å². The van der Waals surface area contributed by atoms with Crippen LogP contribution in [0.25, 0.3) is 0 Å². The van der Waals surface area contributed by atoms with Crippen LogP contribution >= 0.6 is 17.2 Å². The van der Waals surface area contributed by atoms with Crippen LogP contribution in [0, 0.1) is 0 Å². The molecule has 0 saturated heterocycles. The summed E-state index contributed by atoms with van der Waals surface area (Å²) >= 11 is 0. The van der Waals surface area contributed by atoms with Crippen molar-refractivity contribution in [2.75, 3.05) is 7.11 Å². The first-order valence-corrected chi connectivity index (χ1v) is 11.5. The van der Waals surface area contributed by atoms with Crippen molar-refractivity contribution in [1.82, 2.24) is 0 Å². The summed E-state index contributed by atoms with van der Waals surface area (Å²) in [6.07, 6.45) is 0.961. The van der Waals surface area contributed by atoms with Gasteiger partial charge < -0.3 is 17.1 Å². The minimum Gasteiger partial charge on any atom is -1.00 e. The molecule has 4 aromatic rings. The Labute approximate surface area is 189 Å².